The van der Waals surface area contributed by atoms with Gasteiger partial charge in [-0.05, 0) is 36.2 Å². The van der Waals surface area contributed by atoms with E-state index in [1.807, 2.05) is 43.3 Å². The molecular weight excluding hydrogens is 314 g/mol. The van der Waals surface area contributed by atoms with Crippen LogP contribution in [0.25, 0.3) is 10.9 Å². The minimum absolute atomic E-state index is 0.0248. The van der Waals surface area contributed by atoms with Gasteiger partial charge in [0.2, 0.25) is 5.91 Å². The van der Waals surface area contributed by atoms with E-state index in [0.717, 1.165) is 27.7 Å². The number of aryl methyl sites for hydroxylation is 1. The van der Waals surface area contributed by atoms with Gasteiger partial charge in [-0.2, -0.15) is 0 Å². The number of carbonyl (C=O) groups excluding carboxylic acids is 2. The molecule has 3 rings (SSSR count). The first-order valence-corrected chi connectivity index (χ1v) is 8.22. The van der Waals surface area contributed by atoms with Crippen LogP contribution in [0, 0.1) is 6.92 Å². The lowest BCUT2D eigenvalue weighted by molar-refractivity contribution is -0.120. The Bertz CT molecular complexity index is 910. The summed E-state index contributed by atoms with van der Waals surface area (Å²) in [5.74, 6) is -0.145. The van der Waals surface area contributed by atoms with Crippen LogP contribution in [0.5, 0.6) is 0 Å². The van der Waals surface area contributed by atoms with E-state index in [0.29, 0.717) is 18.5 Å². The first-order chi connectivity index (χ1) is 12.1. The van der Waals surface area contributed by atoms with E-state index in [1.165, 1.54) is 0 Å². The van der Waals surface area contributed by atoms with Crippen molar-refractivity contribution in [3.8, 4) is 0 Å². The van der Waals surface area contributed by atoms with E-state index in [-0.39, 0.29) is 11.8 Å². The van der Waals surface area contributed by atoms with Gasteiger partial charge in [-0.1, -0.05) is 30.3 Å². The highest BCUT2D eigenvalue weighted by atomic mass is 16.2. The summed E-state index contributed by atoms with van der Waals surface area (Å²) in [7, 11) is 1.60. The minimum atomic E-state index is -0.120. The van der Waals surface area contributed by atoms with Crippen LogP contribution in [0.15, 0.2) is 48.5 Å². The number of nitrogens with one attached hydrogen (secondary N) is 3. The average Bonchev–Trinajstić information content (AvgIpc) is 2.95. The standard InChI is InChI=1S/C20H21N3O2/c1-13-17(16-5-3-4-6-18(16)23-13)11-19(24)22-12-14-7-9-15(10-8-14)20(25)21-2/h3-10,23H,11-12H2,1-2H3,(H,21,25)(H,22,24). The number of hydrogen-bond donors (Lipinski definition) is 3. The largest absolute Gasteiger partial charge is 0.358 e. The second-order valence-corrected chi connectivity index (χ2v) is 6.00. The highest BCUT2D eigenvalue weighted by molar-refractivity contribution is 5.94. The Morgan fingerprint density at radius 3 is 2.48 bits per heavy atom. The average molecular weight is 335 g/mol. The Morgan fingerprint density at radius 2 is 1.76 bits per heavy atom. The molecule has 0 unspecified atom stereocenters. The molecule has 0 bridgehead atoms. The Kier molecular flexibility index (Phi) is 4.84. The number of H-pyrrole nitrogens is 1. The molecule has 0 aliphatic heterocycles. The lowest BCUT2D eigenvalue weighted by Gasteiger charge is -2.07. The number of aromatic amines is 1. The van der Waals surface area contributed by atoms with Gasteiger partial charge in [0.15, 0.2) is 0 Å². The summed E-state index contributed by atoms with van der Waals surface area (Å²) in [5.41, 5.74) is 4.66. The molecule has 0 fully saturated rings. The van der Waals surface area contributed by atoms with E-state index in [2.05, 4.69) is 15.6 Å². The smallest absolute Gasteiger partial charge is 0.251 e. The number of rotatable bonds is 5. The molecule has 5 nitrogen and oxygen atoms in total. The van der Waals surface area contributed by atoms with Crippen molar-refractivity contribution in [1.29, 1.82) is 0 Å². The van der Waals surface area contributed by atoms with Crippen LogP contribution in [0.4, 0.5) is 0 Å². The van der Waals surface area contributed by atoms with Gasteiger partial charge in [-0.15, -0.1) is 0 Å². The van der Waals surface area contributed by atoms with Crippen LogP contribution in [0.2, 0.25) is 0 Å². The lowest BCUT2D eigenvalue weighted by atomic mass is 10.1. The monoisotopic (exact) mass is 335 g/mol. The molecule has 1 aromatic heterocycles. The fourth-order valence-electron chi connectivity index (χ4n) is 2.90. The van der Waals surface area contributed by atoms with Gasteiger partial charge in [0.25, 0.3) is 5.91 Å². The van der Waals surface area contributed by atoms with Gasteiger partial charge >= 0.3 is 0 Å². The maximum atomic E-state index is 12.3. The van der Waals surface area contributed by atoms with Gasteiger partial charge in [0, 0.05) is 35.8 Å². The molecule has 0 saturated heterocycles. The predicted molar refractivity (Wildman–Crippen MR) is 98.4 cm³/mol. The van der Waals surface area contributed by atoms with E-state index >= 15 is 0 Å². The van der Waals surface area contributed by atoms with E-state index < -0.39 is 0 Å². The van der Waals surface area contributed by atoms with Crippen LogP contribution in [0.3, 0.4) is 0 Å². The van der Waals surface area contributed by atoms with Gasteiger partial charge in [-0.3, -0.25) is 9.59 Å². The molecular formula is C20H21N3O2. The van der Waals surface area contributed by atoms with Crippen LogP contribution >= 0.6 is 0 Å². The molecule has 128 valence electrons. The van der Waals surface area contributed by atoms with Crippen LogP contribution in [-0.2, 0) is 17.8 Å². The van der Waals surface area contributed by atoms with Crippen LogP contribution < -0.4 is 10.6 Å². The van der Waals surface area contributed by atoms with Crippen molar-refractivity contribution in [1.82, 2.24) is 15.6 Å². The number of carbonyl (C=O) groups is 2. The minimum Gasteiger partial charge on any atom is -0.358 e. The SMILES string of the molecule is CNC(=O)c1ccc(CNC(=O)Cc2c(C)[nH]c3ccccc23)cc1. The number of benzene rings is 2. The molecule has 0 saturated carbocycles. The van der Waals surface area contributed by atoms with Gasteiger partial charge in [-0.25, -0.2) is 0 Å². The summed E-state index contributed by atoms with van der Waals surface area (Å²) in [5, 5.41) is 6.61. The zero-order chi connectivity index (χ0) is 17.8. The highest BCUT2D eigenvalue weighted by Gasteiger charge is 2.12. The number of aromatic nitrogens is 1. The molecule has 2 aromatic carbocycles. The molecule has 0 aliphatic carbocycles. The van der Waals surface area contributed by atoms with Crippen molar-refractivity contribution in [3.05, 3.63) is 70.9 Å². The summed E-state index contributed by atoms with van der Waals surface area (Å²) in [6.07, 6.45) is 0.339. The first kappa shape index (κ1) is 16.8. The van der Waals surface area contributed by atoms with Crippen molar-refractivity contribution < 1.29 is 9.59 Å². The van der Waals surface area contributed by atoms with Gasteiger partial charge in [0.05, 0.1) is 6.42 Å². The van der Waals surface area contributed by atoms with E-state index in [4.69, 9.17) is 0 Å². The third-order valence-electron chi connectivity index (χ3n) is 4.30. The van der Waals surface area contributed by atoms with Crippen LogP contribution in [0.1, 0.15) is 27.2 Å². The summed E-state index contributed by atoms with van der Waals surface area (Å²) >= 11 is 0. The molecule has 5 heteroatoms. The third kappa shape index (κ3) is 3.71. The molecule has 0 radical (unpaired) electrons. The molecule has 3 aromatic rings. The Labute approximate surface area is 146 Å². The van der Waals surface area contributed by atoms with Gasteiger partial charge < -0.3 is 15.6 Å². The maximum absolute atomic E-state index is 12.3. The first-order valence-electron chi connectivity index (χ1n) is 8.22. The zero-order valence-electron chi connectivity index (χ0n) is 14.3. The third-order valence-corrected chi connectivity index (χ3v) is 4.30. The fourth-order valence-corrected chi connectivity index (χ4v) is 2.90. The highest BCUT2D eigenvalue weighted by Crippen LogP contribution is 2.22. The van der Waals surface area contributed by atoms with Crippen molar-refractivity contribution in [2.45, 2.75) is 19.9 Å². The molecule has 1 heterocycles. The van der Waals surface area contributed by atoms with Crippen molar-refractivity contribution in [3.63, 3.8) is 0 Å². The van der Waals surface area contributed by atoms with Crippen LogP contribution in [-0.4, -0.2) is 23.8 Å². The molecule has 0 aliphatic rings. The molecule has 0 spiro atoms. The second kappa shape index (κ2) is 7.21. The number of hydrogen-bond acceptors (Lipinski definition) is 2. The number of para-hydroxylation sites is 1. The summed E-state index contributed by atoms with van der Waals surface area (Å²) in [4.78, 5) is 27.1. The van der Waals surface area contributed by atoms with Crippen molar-refractivity contribution >= 4 is 22.7 Å². The van der Waals surface area contributed by atoms with Crippen molar-refractivity contribution in [2.75, 3.05) is 7.05 Å². The normalized spacial score (nSPS) is 10.6. The summed E-state index contributed by atoms with van der Waals surface area (Å²) in [6.45, 7) is 2.42. The van der Waals surface area contributed by atoms with E-state index in [9.17, 15) is 9.59 Å². The summed E-state index contributed by atoms with van der Waals surface area (Å²) in [6, 6.07) is 15.2. The molecule has 0 atom stereocenters. The molecule has 2 amide bonds. The molecule has 3 N–H and O–H groups in total. The van der Waals surface area contributed by atoms with E-state index in [1.54, 1.807) is 19.2 Å². The molecule has 25 heavy (non-hydrogen) atoms. The number of amides is 2. The Hall–Kier alpha value is -3.08. The van der Waals surface area contributed by atoms with Crippen molar-refractivity contribution in [2.24, 2.45) is 0 Å². The predicted octanol–water partition coefficient (Wildman–Crippen LogP) is 2.69. The van der Waals surface area contributed by atoms with Gasteiger partial charge in [0.1, 0.15) is 0 Å². The number of fused-ring (bicyclic) bond motifs is 1. The topological polar surface area (TPSA) is 74.0 Å². The zero-order valence-corrected chi connectivity index (χ0v) is 14.3. The lowest BCUT2D eigenvalue weighted by Crippen LogP contribution is -2.24. The Morgan fingerprint density at radius 1 is 1.04 bits per heavy atom. The quantitative estimate of drug-likeness (QED) is 0.671. The Balaban J connectivity index is 1.63. The second-order valence-electron chi connectivity index (χ2n) is 6.00. The summed E-state index contributed by atoms with van der Waals surface area (Å²) < 4.78 is 0. The fraction of sp³-hybridized carbons (Fsp3) is 0.200. The maximum Gasteiger partial charge on any atom is 0.251 e.